The van der Waals surface area contributed by atoms with Crippen LogP contribution in [-0.4, -0.2) is 29.5 Å². The Morgan fingerprint density at radius 2 is 2.17 bits per heavy atom. The second kappa shape index (κ2) is 7.97. The largest absolute Gasteiger partial charge is 0.357 e. The number of nitrogens with zero attached hydrogens (tertiary/aromatic N) is 2. The number of thiazole rings is 1. The van der Waals surface area contributed by atoms with Crippen molar-refractivity contribution >= 4 is 28.2 Å². The SMILES string of the molecule is CCc1cnc(CCNC(=NC)NCc2cc3ccccc3[nH]2)s1. The molecule has 1 aromatic carbocycles. The van der Waals surface area contributed by atoms with Crippen LogP contribution in [0, 0.1) is 0 Å². The molecule has 0 fully saturated rings. The normalized spacial score (nSPS) is 11.8. The van der Waals surface area contributed by atoms with Crippen LogP contribution >= 0.6 is 11.3 Å². The van der Waals surface area contributed by atoms with Gasteiger partial charge in [-0.25, -0.2) is 4.98 Å². The number of nitrogens with one attached hydrogen (secondary N) is 3. The molecule has 2 aromatic heterocycles. The maximum Gasteiger partial charge on any atom is 0.191 e. The van der Waals surface area contributed by atoms with Gasteiger partial charge in [-0.1, -0.05) is 25.1 Å². The zero-order chi connectivity index (χ0) is 16.8. The fourth-order valence-corrected chi connectivity index (χ4v) is 3.41. The number of aryl methyl sites for hydroxylation is 1. The molecule has 0 spiro atoms. The molecular formula is C18H23N5S. The number of para-hydroxylation sites is 1. The minimum absolute atomic E-state index is 0.714. The topological polar surface area (TPSA) is 65.1 Å². The summed E-state index contributed by atoms with van der Waals surface area (Å²) in [6, 6.07) is 10.5. The Hall–Kier alpha value is -2.34. The predicted molar refractivity (Wildman–Crippen MR) is 102 cm³/mol. The van der Waals surface area contributed by atoms with Gasteiger partial charge < -0.3 is 15.6 Å². The Balaban J connectivity index is 1.47. The maximum atomic E-state index is 4.44. The highest BCUT2D eigenvalue weighted by atomic mass is 32.1. The van der Waals surface area contributed by atoms with Crippen LogP contribution in [-0.2, 0) is 19.4 Å². The fraction of sp³-hybridized carbons (Fsp3) is 0.333. The molecule has 3 N–H and O–H groups in total. The van der Waals surface area contributed by atoms with Gasteiger partial charge in [-0.05, 0) is 23.9 Å². The Bertz CT molecular complexity index is 785. The van der Waals surface area contributed by atoms with Gasteiger partial charge in [0.1, 0.15) is 0 Å². The lowest BCUT2D eigenvalue weighted by Gasteiger charge is -2.10. The first-order valence-electron chi connectivity index (χ1n) is 8.23. The number of benzene rings is 1. The molecule has 0 amide bonds. The van der Waals surface area contributed by atoms with E-state index in [1.165, 1.54) is 15.3 Å². The van der Waals surface area contributed by atoms with Crippen LogP contribution in [0.15, 0.2) is 41.5 Å². The summed E-state index contributed by atoms with van der Waals surface area (Å²) in [4.78, 5) is 13.5. The molecular weight excluding hydrogens is 318 g/mol. The molecule has 5 nitrogen and oxygen atoms in total. The third-order valence-corrected chi connectivity index (χ3v) is 5.04. The van der Waals surface area contributed by atoms with Crippen molar-refractivity contribution in [2.75, 3.05) is 13.6 Å². The number of H-pyrrole nitrogens is 1. The summed E-state index contributed by atoms with van der Waals surface area (Å²) in [5, 5.41) is 9.08. The summed E-state index contributed by atoms with van der Waals surface area (Å²) in [5.74, 6) is 0.806. The first kappa shape index (κ1) is 16.5. The standard InChI is InChI=1S/C18H23N5S/c1-3-15-12-21-17(24-15)8-9-20-18(19-2)22-11-14-10-13-6-4-5-7-16(13)23-14/h4-7,10,12,23H,3,8-9,11H2,1-2H3,(H2,19,20,22). The molecule has 0 aliphatic rings. The van der Waals surface area contributed by atoms with E-state index in [1.54, 1.807) is 18.4 Å². The molecule has 2 heterocycles. The maximum absolute atomic E-state index is 4.44. The van der Waals surface area contributed by atoms with Gasteiger partial charge in [0, 0.05) is 42.3 Å². The third-order valence-electron chi connectivity index (χ3n) is 3.84. The van der Waals surface area contributed by atoms with Crippen molar-refractivity contribution in [2.24, 2.45) is 4.99 Å². The molecule has 126 valence electrons. The fourth-order valence-electron chi connectivity index (χ4n) is 2.54. The predicted octanol–water partition coefficient (Wildman–Crippen LogP) is 3.09. The van der Waals surface area contributed by atoms with Crippen molar-refractivity contribution in [3.8, 4) is 0 Å². The average Bonchev–Trinajstić information content (AvgIpc) is 3.23. The van der Waals surface area contributed by atoms with Gasteiger partial charge in [0.05, 0.1) is 11.6 Å². The molecule has 0 saturated carbocycles. The van der Waals surface area contributed by atoms with Crippen molar-refractivity contribution in [3.05, 3.63) is 52.1 Å². The molecule has 3 rings (SSSR count). The van der Waals surface area contributed by atoms with E-state index in [-0.39, 0.29) is 0 Å². The van der Waals surface area contributed by atoms with Crippen LogP contribution in [0.25, 0.3) is 10.9 Å². The molecule has 3 aromatic rings. The number of aromatic amines is 1. The summed E-state index contributed by atoms with van der Waals surface area (Å²) < 4.78 is 0. The molecule has 0 aliphatic carbocycles. The van der Waals surface area contributed by atoms with Gasteiger partial charge in [0.2, 0.25) is 0 Å². The Labute approximate surface area is 146 Å². The number of aliphatic imine (C=N–C) groups is 1. The van der Waals surface area contributed by atoms with E-state index in [9.17, 15) is 0 Å². The second-order valence-electron chi connectivity index (χ2n) is 5.56. The minimum Gasteiger partial charge on any atom is -0.357 e. The number of guanidine groups is 1. The van der Waals surface area contributed by atoms with Crippen molar-refractivity contribution in [2.45, 2.75) is 26.3 Å². The summed E-state index contributed by atoms with van der Waals surface area (Å²) in [6.45, 7) is 3.69. The quantitative estimate of drug-likeness (QED) is 0.477. The lowest BCUT2D eigenvalue weighted by Crippen LogP contribution is -2.37. The van der Waals surface area contributed by atoms with Gasteiger partial charge in [-0.15, -0.1) is 11.3 Å². The number of aromatic nitrogens is 2. The number of hydrogen-bond donors (Lipinski definition) is 3. The Morgan fingerprint density at radius 3 is 2.92 bits per heavy atom. The Kier molecular flexibility index (Phi) is 5.48. The van der Waals surface area contributed by atoms with E-state index < -0.39 is 0 Å². The average molecular weight is 341 g/mol. The second-order valence-corrected chi connectivity index (χ2v) is 6.76. The monoisotopic (exact) mass is 341 g/mol. The summed E-state index contributed by atoms with van der Waals surface area (Å²) in [7, 11) is 1.79. The lowest BCUT2D eigenvalue weighted by atomic mass is 10.2. The van der Waals surface area contributed by atoms with Gasteiger partial charge in [-0.2, -0.15) is 0 Å². The van der Waals surface area contributed by atoms with Crippen molar-refractivity contribution < 1.29 is 0 Å². The van der Waals surface area contributed by atoms with Crippen LogP contribution in [0.1, 0.15) is 22.5 Å². The van der Waals surface area contributed by atoms with Crippen LogP contribution < -0.4 is 10.6 Å². The lowest BCUT2D eigenvalue weighted by molar-refractivity contribution is 0.785. The van der Waals surface area contributed by atoms with E-state index in [2.05, 4.69) is 56.8 Å². The molecule has 0 atom stereocenters. The van der Waals surface area contributed by atoms with Crippen molar-refractivity contribution in [3.63, 3.8) is 0 Å². The molecule has 0 radical (unpaired) electrons. The first-order valence-corrected chi connectivity index (χ1v) is 9.05. The van der Waals surface area contributed by atoms with Gasteiger partial charge in [-0.3, -0.25) is 4.99 Å². The molecule has 0 saturated heterocycles. The van der Waals surface area contributed by atoms with Gasteiger partial charge in [0.25, 0.3) is 0 Å². The first-order chi connectivity index (χ1) is 11.8. The molecule has 6 heteroatoms. The molecule has 0 unspecified atom stereocenters. The number of rotatable bonds is 6. The van der Waals surface area contributed by atoms with Gasteiger partial charge in [0.15, 0.2) is 5.96 Å². The van der Waals surface area contributed by atoms with Crippen molar-refractivity contribution in [1.82, 2.24) is 20.6 Å². The van der Waals surface area contributed by atoms with Gasteiger partial charge >= 0.3 is 0 Å². The van der Waals surface area contributed by atoms with Crippen LogP contribution in [0.2, 0.25) is 0 Å². The molecule has 0 aliphatic heterocycles. The van der Waals surface area contributed by atoms with E-state index >= 15 is 0 Å². The Morgan fingerprint density at radius 1 is 1.29 bits per heavy atom. The van der Waals surface area contributed by atoms with Crippen LogP contribution in [0.3, 0.4) is 0 Å². The minimum atomic E-state index is 0.714. The summed E-state index contributed by atoms with van der Waals surface area (Å²) >= 11 is 1.79. The number of hydrogen-bond acceptors (Lipinski definition) is 3. The highest BCUT2D eigenvalue weighted by Crippen LogP contribution is 2.14. The summed E-state index contributed by atoms with van der Waals surface area (Å²) in [6.07, 6.45) is 3.94. The van der Waals surface area contributed by atoms with E-state index in [0.717, 1.165) is 36.6 Å². The highest BCUT2D eigenvalue weighted by Gasteiger charge is 2.04. The van der Waals surface area contributed by atoms with E-state index in [1.807, 2.05) is 12.3 Å². The zero-order valence-corrected chi connectivity index (χ0v) is 14.9. The molecule has 0 bridgehead atoms. The van der Waals surface area contributed by atoms with Crippen LogP contribution in [0.4, 0.5) is 0 Å². The smallest absolute Gasteiger partial charge is 0.191 e. The van der Waals surface area contributed by atoms with Crippen molar-refractivity contribution in [1.29, 1.82) is 0 Å². The number of fused-ring (bicyclic) bond motifs is 1. The third kappa shape index (κ3) is 4.14. The van der Waals surface area contributed by atoms with Crippen LogP contribution in [0.5, 0.6) is 0 Å². The zero-order valence-electron chi connectivity index (χ0n) is 14.1. The summed E-state index contributed by atoms with van der Waals surface area (Å²) in [5.41, 5.74) is 2.31. The van der Waals surface area contributed by atoms with E-state index in [0.29, 0.717) is 6.54 Å². The highest BCUT2D eigenvalue weighted by molar-refractivity contribution is 7.11. The molecule has 24 heavy (non-hydrogen) atoms. The van der Waals surface area contributed by atoms with E-state index in [4.69, 9.17) is 0 Å².